The van der Waals surface area contributed by atoms with Gasteiger partial charge in [-0.15, -0.1) is 0 Å². The molecule has 54 heavy (non-hydrogen) atoms. The van der Waals surface area contributed by atoms with E-state index in [-0.39, 0.29) is 112 Å². The summed E-state index contributed by atoms with van der Waals surface area (Å²) in [5, 5.41) is 30.0. The third kappa shape index (κ3) is 19.9. The van der Waals surface area contributed by atoms with Crippen LogP contribution in [0.3, 0.4) is 0 Å². The van der Waals surface area contributed by atoms with Crippen LogP contribution in [0, 0.1) is 0 Å². The second kappa shape index (κ2) is 30.7. The zero-order valence-electron chi connectivity index (χ0n) is 27.3. The van der Waals surface area contributed by atoms with Gasteiger partial charge in [0.2, 0.25) is 0 Å². The largest absolute Gasteiger partial charge is 2.00 e. The second-order valence-electron chi connectivity index (χ2n) is 8.37. The van der Waals surface area contributed by atoms with Gasteiger partial charge in [0.05, 0.1) is 33.3 Å². The molecular weight excluding hydrogens is 854 g/mol. The number of nitrogens with zero attached hydrogens (tertiary/aromatic N) is 2. The molecule has 0 fully saturated rings. The average molecular weight is 895 g/mol. The third-order valence-corrected chi connectivity index (χ3v) is 7.17. The van der Waals surface area contributed by atoms with Crippen LogP contribution in [0.4, 0.5) is 0 Å². The molecule has 0 bridgehead atoms. The zero-order valence-corrected chi connectivity index (χ0v) is 31.2. The Morgan fingerprint density at radius 3 is 1.04 bits per heavy atom. The minimum absolute atomic E-state index is 0. The van der Waals surface area contributed by atoms with Crippen molar-refractivity contribution in [3.8, 4) is 11.5 Å². The Bertz CT molecular complexity index is 1830. The van der Waals surface area contributed by atoms with Crippen LogP contribution in [0.25, 0.3) is 0 Å². The number of carbonyl (C=O) groups is 2. The van der Waals surface area contributed by atoms with Crippen LogP contribution in [0.15, 0.2) is 117 Å². The summed E-state index contributed by atoms with van der Waals surface area (Å²) in [5.41, 5.74) is 4.04. The molecule has 0 aliphatic rings. The van der Waals surface area contributed by atoms with Crippen LogP contribution in [-0.4, -0.2) is 72.1 Å². The number of hydrazone groups is 2. The topological polar surface area (TPSA) is 501 Å². The molecule has 0 spiro atoms. The molecule has 0 aromatic heterocycles. The van der Waals surface area contributed by atoms with Gasteiger partial charge < -0.3 is 63.1 Å². The monoisotopic (exact) mass is 894 g/mol. The molecule has 0 unspecified atom stereocenters. The quantitative estimate of drug-likeness (QED) is 0.0554. The fraction of sp³-hybridized carbons (Fsp3) is 0. The van der Waals surface area contributed by atoms with Crippen molar-refractivity contribution in [1.82, 2.24) is 10.9 Å². The molecule has 2 radical (unpaired) electrons. The maximum absolute atomic E-state index is 11.9. The van der Waals surface area contributed by atoms with Crippen LogP contribution in [0.1, 0.15) is 31.8 Å². The Hall–Kier alpha value is -4.70. The first-order chi connectivity index (χ1) is 20.8. The Balaban J connectivity index is -0.000000110. The minimum atomic E-state index is -4.78. The SMILES string of the molecule is O.O.O.O.O=C(N/N=C/c1ccccc1[O-])c1ccccc1S(=O)(=O)[O-].O=C(N/N=C/c1ccccc1[O-])c1ccccc1S(=O)(=O)[O-].[Mn+2].[Mn+2].[OH3+].[OH3+].[OH3+].[OH3+]. The van der Waals surface area contributed by atoms with Gasteiger partial charge in [-0.25, -0.2) is 27.7 Å². The van der Waals surface area contributed by atoms with E-state index in [0.717, 1.165) is 24.6 Å². The van der Waals surface area contributed by atoms with Gasteiger partial charge in [0.15, 0.2) is 0 Å². The molecule has 2 amide bonds. The molecule has 0 saturated heterocycles. The first-order valence-corrected chi connectivity index (χ1v) is 14.9. The predicted octanol–water partition coefficient (Wildman–Crippen LogP) is -6.13. The molecule has 0 saturated carbocycles. The smallest absolute Gasteiger partial charge is 0.872 e. The first-order valence-electron chi connectivity index (χ1n) is 12.1. The van der Waals surface area contributed by atoms with E-state index in [1.807, 2.05) is 0 Å². The maximum atomic E-state index is 11.9. The molecule has 22 nitrogen and oxygen atoms in total. The molecule has 302 valence electrons. The van der Waals surface area contributed by atoms with Crippen molar-refractivity contribution in [2.75, 3.05) is 0 Å². The van der Waals surface area contributed by atoms with E-state index in [1.54, 1.807) is 24.3 Å². The summed E-state index contributed by atoms with van der Waals surface area (Å²) in [5.74, 6) is -2.28. The van der Waals surface area contributed by atoms with Crippen molar-refractivity contribution in [3.63, 3.8) is 0 Å². The van der Waals surface area contributed by atoms with Gasteiger partial charge >= 0.3 is 34.1 Å². The summed E-state index contributed by atoms with van der Waals surface area (Å²) >= 11 is 0. The minimum Gasteiger partial charge on any atom is -0.872 e. The molecule has 22 N–H and O–H groups in total. The number of carbonyl (C=O) groups excluding carboxylic acids is 2. The van der Waals surface area contributed by atoms with E-state index in [0.29, 0.717) is 0 Å². The summed E-state index contributed by atoms with van der Waals surface area (Å²) in [6.45, 7) is 0. The number of rotatable bonds is 8. The zero-order chi connectivity index (χ0) is 32.3. The van der Waals surface area contributed by atoms with Gasteiger partial charge in [0.25, 0.3) is 11.8 Å². The van der Waals surface area contributed by atoms with E-state index in [2.05, 4.69) is 21.1 Å². The molecule has 0 aliphatic heterocycles. The maximum Gasteiger partial charge on any atom is 2.00 e. The third-order valence-electron chi connectivity index (χ3n) is 5.38. The Morgan fingerprint density at radius 1 is 0.500 bits per heavy atom. The summed E-state index contributed by atoms with van der Waals surface area (Å²) in [6, 6.07) is 22.0. The van der Waals surface area contributed by atoms with Crippen molar-refractivity contribution in [3.05, 3.63) is 119 Å². The molecule has 4 aromatic rings. The Morgan fingerprint density at radius 2 is 0.759 bits per heavy atom. The fourth-order valence-corrected chi connectivity index (χ4v) is 4.71. The molecular formula is C28H40Mn2N4O18S2+4. The van der Waals surface area contributed by atoms with Gasteiger partial charge in [-0.05, 0) is 35.4 Å². The Labute approximate surface area is 328 Å². The van der Waals surface area contributed by atoms with Gasteiger partial charge in [0.1, 0.15) is 20.2 Å². The Kier molecular flexibility index (Phi) is 38.4. The number of para-hydroxylation sites is 2. The van der Waals surface area contributed by atoms with E-state index in [1.165, 1.54) is 60.7 Å². The summed E-state index contributed by atoms with van der Waals surface area (Å²) in [7, 11) is -9.55. The van der Waals surface area contributed by atoms with Gasteiger partial charge in [-0.2, -0.15) is 10.2 Å². The van der Waals surface area contributed by atoms with Crippen molar-refractivity contribution >= 4 is 44.5 Å². The van der Waals surface area contributed by atoms with Crippen molar-refractivity contribution in [2.45, 2.75) is 9.79 Å². The number of hydrogen-bond donors (Lipinski definition) is 2. The van der Waals surface area contributed by atoms with Crippen LogP contribution < -0.4 is 21.1 Å². The summed E-state index contributed by atoms with van der Waals surface area (Å²) < 4.78 is 66.5. The van der Waals surface area contributed by atoms with Crippen molar-refractivity contribution in [2.24, 2.45) is 10.2 Å². The number of hydrogen-bond acceptors (Lipinski definition) is 12. The van der Waals surface area contributed by atoms with Crippen LogP contribution in [-0.2, 0) is 76.3 Å². The molecule has 0 atom stereocenters. The molecule has 26 heteroatoms. The first kappa shape index (κ1) is 67.4. The molecule has 0 heterocycles. The number of nitrogens with one attached hydrogen (secondary N) is 2. The van der Waals surface area contributed by atoms with Gasteiger partial charge in [-0.3, -0.25) is 9.59 Å². The second-order valence-corrected chi connectivity index (χ2v) is 11.1. The fourth-order valence-electron chi connectivity index (χ4n) is 3.36. The average Bonchev–Trinajstić information content (AvgIpc) is 2.98. The number of amides is 2. The molecule has 4 aromatic carbocycles. The predicted molar refractivity (Wildman–Crippen MR) is 185 cm³/mol. The van der Waals surface area contributed by atoms with Gasteiger partial charge in [0, 0.05) is 0 Å². The van der Waals surface area contributed by atoms with E-state index < -0.39 is 41.8 Å². The van der Waals surface area contributed by atoms with Crippen LogP contribution >= 0.6 is 0 Å². The van der Waals surface area contributed by atoms with Crippen LogP contribution in [0.2, 0.25) is 0 Å². The van der Waals surface area contributed by atoms with Crippen molar-refractivity contribution < 1.29 is 124 Å². The van der Waals surface area contributed by atoms with Gasteiger partial charge in [-0.1, -0.05) is 84.3 Å². The molecule has 0 aliphatic carbocycles. The van der Waals surface area contributed by atoms with E-state index in [4.69, 9.17) is 0 Å². The normalized spacial score (nSPS) is 9.37. The summed E-state index contributed by atoms with van der Waals surface area (Å²) in [6.07, 6.45) is 2.27. The molecule has 4 rings (SSSR count). The standard InChI is InChI=1S/2C14H12N2O5S.2Mn.8H2O/c2*17-12-7-3-1-5-10(12)9-15-16-14(18)11-6-2-4-8-13(11)22(19,20)21;;;;;;;;;;/h2*1-9,17H,(H,16,18)(H,19,20,21);;;8*1H2/q;;2*+2;;;;;;;;/b2*15-9+;;;;;;;;;;. The van der Waals surface area contributed by atoms with E-state index in [9.17, 15) is 45.7 Å². The van der Waals surface area contributed by atoms with Crippen LogP contribution in [0.5, 0.6) is 11.5 Å². The van der Waals surface area contributed by atoms with E-state index >= 15 is 0 Å². The van der Waals surface area contributed by atoms with Crippen molar-refractivity contribution in [1.29, 1.82) is 0 Å². The number of benzene rings is 4. The summed E-state index contributed by atoms with van der Waals surface area (Å²) in [4.78, 5) is 22.5.